The van der Waals surface area contributed by atoms with E-state index in [0.717, 1.165) is 19.6 Å². The summed E-state index contributed by atoms with van der Waals surface area (Å²) in [4.78, 5) is 2.28. The van der Waals surface area contributed by atoms with Crippen molar-refractivity contribution >= 4 is 38.7 Å². The third-order valence-corrected chi connectivity index (χ3v) is 4.23. The van der Waals surface area contributed by atoms with Gasteiger partial charge in [-0.2, -0.15) is 0 Å². The maximum absolute atomic E-state index is 6.35. The summed E-state index contributed by atoms with van der Waals surface area (Å²) in [5, 5.41) is 6.76. The molecule has 1 aromatic heterocycles. The van der Waals surface area contributed by atoms with Crippen LogP contribution < -0.4 is 10.2 Å². The van der Waals surface area contributed by atoms with Crippen molar-refractivity contribution in [1.82, 2.24) is 5.32 Å². The Hall–Kier alpha value is -0.770. The second kappa shape index (κ2) is 4.24. The molecule has 1 fully saturated rings. The van der Waals surface area contributed by atoms with Gasteiger partial charge in [-0.05, 0) is 23.6 Å². The van der Waals surface area contributed by atoms with E-state index in [0.29, 0.717) is 0 Å². The van der Waals surface area contributed by atoms with Gasteiger partial charge in [-0.15, -0.1) is 11.3 Å². The topological polar surface area (TPSA) is 15.3 Å². The molecule has 1 atom stereocenters. The number of nitrogens with one attached hydrogen (secondary N) is 1. The first-order chi connectivity index (χ1) is 7.86. The van der Waals surface area contributed by atoms with E-state index >= 15 is 0 Å². The number of piperazine rings is 1. The van der Waals surface area contributed by atoms with E-state index in [-0.39, 0.29) is 5.50 Å². The molecule has 0 saturated carbocycles. The second-order valence-corrected chi connectivity index (χ2v) is 5.39. The molecule has 0 amide bonds. The number of hydrogen-bond acceptors (Lipinski definition) is 3. The molecule has 84 valence electrons. The van der Waals surface area contributed by atoms with Crippen LogP contribution in [0.5, 0.6) is 0 Å². The van der Waals surface area contributed by atoms with Crippen molar-refractivity contribution in [3.05, 3.63) is 29.6 Å². The molecule has 2 nitrogen and oxygen atoms in total. The average molecular weight is 253 g/mol. The second-order valence-electron chi connectivity index (χ2n) is 3.94. The normalized spacial score (nSPS) is 21.6. The Morgan fingerprint density at radius 1 is 1.38 bits per heavy atom. The number of hydrogen-bond donors (Lipinski definition) is 1. The first-order valence-corrected chi connectivity index (χ1v) is 6.75. The molecule has 0 radical (unpaired) electrons. The summed E-state index contributed by atoms with van der Waals surface area (Å²) >= 11 is 8.13. The lowest BCUT2D eigenvalue weighted by atomic mass is 10.2. The fourth-order valence-corrected chi connectivity index (χ4v) is 3.29. The van der Waals surface area contributed by atoms with Crippen LogP contribution in [0.25, 0.3) is 10.1 Å². The van der Waals surface area contributed by atoms with Gasteiger partial charge < -0.3 is 10.2 Å². The first kappa shape index (κ1) is 10.4. The number of anilines is 1. The molecular formula is C12H13ClN2S. The van der Waals surface area contributed by atoms with Crippen LogP contribution in [0.4, 0.5) is 5.69 Å². The number of rotatable bonds is 1. The van der Waals surface area contributed by atoms with Gasteiger partial charge in [-0.1, -0.05) is 17.7 Å². The van der Waals surface area contributed by atoms with Gasteiger partial charge in [0.2, 0.25) is 0 Å². The van der Waals surface area contributed by atoms with Crippen LogP contribution in [0.1, 0.15) is 0 Å². The Morgan fingerprint density at radius 2 is 2.31 bits per heavy atom. The third kappa shape index (κ3) is 1.69. The molecule has 0 aliphatic carbocycles. The summed E-state index contributed by atoms with van der Waals surface area (Å²) in [6.07, 6.45) is 0. The number of nitrogens with zero attached hydrogens (tertiary/aromatic N) is 1. The Kier molecular flexibility index (Phi) is 2.75. The van der Waals surface area contributed by atoms with Crippen LogP contribution in [-0.4, -0.2) is 25.1 Å². The van der Waals surface area contributed by atoms with E-state index in [9.17, 15) is 0 Å². The molecule has 1 saturated heterocycles. The number of halogens is 1. The molecule has 3 rings (SSSR count). The quantitative estimate of drug-likeness (QED) is 0.620. The van der Waals surface area contributed by atoms with Crippen LogP contribution in [0.15, 0.2) is 29.6 Å². The molecule has 1 aromatic carbocycles. The summed E-state index contributed by atoms with van der Waals surface area (Å²) in [5.41, 5.74) is 1.32. The Balaban J connectivity index is 2.07. The van der Waals surface area contributed by atoms with Gasteiger partial charge in [0.15, 0.2) is 0 Å². The summed E-state index contributed by atoms with van der Waals surface area (Å²) < 4.78 is 1.33. The van der Waals surface area contributed by atoms with Crippen molar-refractivity contribution < 1.29 is 0 Å². The number of benzene rings is 1. The lowest BCUT2D eigenvalue weighted by molar-refractivity contribution is 0.560. The van der Waals surface area contributed by atoms with Crippen molar-refractivity contribution in [2.45, 2.75) is 5.50 Å². The number of alkyl halides is 1. The van der Waals surface area contributed by atoms with Gasteiger partial charge >= 0.3 is 0 Å². The van der Waals surface area contributed by atoms with Crippen molar-refractivity contribution in [2.24, 2.45) is 0 Å². The van der Waals surface area contributed by atoms with Gasteiger partial charge in [0.25, 0.3) is 0 Å². The smallest absolute Gasteiger partial charge is 0.116 e. The van der Waals surface area contributed by atoms with Crippen LogP contribution in [0, 0.1) is 0 Å². The minimum Gasteiger partial charge on any atom is -0.352 e. The van der Waals surface area contributed by atoms with Crippen molar-refractivity contribution in [3.63, 3.8) is 0 Å². The molecule has 1 aliphatic rings. The predicted molar refractivity (Wildman–Crippen MR) is 71.7 cm³/mol. The van der Waals surface area contributed by atoms with Crippen LogP contribution in [0.3, 0.4) is 0 Å². The molecule has 0 bridgehead atoms. The van der Waals surface area contributed by atoms with Gasteiger partial charge in [0.05, 0.1) is 0 Å². The lowest BCUT2D eigenvalue weighted by Crippen LogP contribution is -2.48. The summed E-state index contributed by atoms with van der Waals surface area (Å²) in [5.74, 6) is 0. The molecule has 0 spiro atoms. The van der Waals surface area contributed by atoms with E-state index in [2.05, 4.69) is 39.9 Å². The lowest BCUT2D eigenvalue weighted by Gasteiger charge is -2.34. The third-order valence-electron chi connectivity index (χ3n) is 2.96. The molecule has 4 heteroatoms. The fraction of sp³-hybridized carbons (Fsp3) is 0.333. The molecule has 2 aromatic rings. The molecular weight excluding hydrogens is 240 g/mol. The minimum atomic E-state index is 0.0549. The Bertz CT molecular complexity index is 496. The highest BCUT2D eigenvalue weighted by molar-refractivity contribution is 7.17. The van der Waals surface area contributed by atoms with Crippen LogP contribution >= 0.6 is 22.9 Å². The number of thiophene rings is 1. The molecule has 1 N–H and O–H groups in total. The van der Waals surface area contributed by atoms with Gasteiger partial charge in [0, 0.05) is 35.4 Å². The van der Waals surface area contributed by atoms with E-state index in [1.165, 1.54) is 15.8 Å². The first-order valence-electron chi connectivity index (χ1n) is 5.44. The Morgan fingerprint density at radius 3 is 3.19 bits per heavy atom. The zero-order chi connectivity index (χ0) is 11.0. The van der Waals surface area contributed by atoms with Crippen molar-refractivity contribution in [2.75, 3.05) is 24.5 Å². The zero-order valence-corrected chi connectivity index (χ0v) is 10.4. The average Bonchev–Trinajstić information content (AvgIpc) is 2.77. The van der Waals surface area contributed by atoms with Crippen LogP contribution in [0.2, 0.25) is 0 Å². The monoisotopic (exact) mass is 252 g/mol. The fourth-order valence-electron chi connectivity index (χ4n) is 2.17. The Labute approximate surface area is 104 Å². The molecule has 2 heterocycles. The highest BCUT2D eigenvalue weighted by Crippen LogP contribution is 2.32. The zero-order valence-electron chi connectivity index (χ0n) is 8.82. The van der Waals surface area contributed by atoms with E-state index in [1.54, 1.807) is 11.3 Å². The minimum absolute atomic E-state index is 0.0549. The van der Waals surface area contributed by atoms with Gasteiger partial charge in [-0.3, -0.25) is 0 Å². The van der Waals surface area contributed by atoms with E-state index in [4.69, 9.17) is 11.6 Å². The standard InChI is InChI=1S/C12H13ClN2S/c13-12-8-14-5-6-15(12)10-2-1-3-11-9(10)4-7-16-11/h1-4,7,12,14H,5-6,8H2. The molecule has 16 heavy (non-hydrogen) atoms. The number of fused-ring (bicyclic) bond motifs is 1. The SMILES string of the molecule is ClC1CNCCN1c1cccc2sccc12. The summed E-state index contributed by atoms with van der Waals surface area (Å²) in [7, 11) is 0. The largest absolute Gasteiger partial charge is 0.352 e. The summed E-state index contributed by atoms with van der Waals surface area (Å²) in [6.45, 7) is 2.83. The van der Waals surface area contributed by atoms with Crippen molar-refractivity contribution in [1.29, 1.82) is 0 Å². The van der Waals surface area contributed by atoms with E-state index < -0.39 is 0 Å². The van der Waals surface area contributed by atoms with Crippen molar-refractivity contribution in [3.8, 4) is 0 Å². The van der Waals surface area contributed by atoms with E-state index in [1.807, 2.05) is 0 Å². The predicted octanol–water partition coefficient (Wildman–Crippen LogP) is 2.88. The van der Waals surface area contributed by atoms with Gasteiger partial charge in [-0.25, -0.2) is 0 Å². The maximum Gasteiger partial charge on any atom is 0.116 e. The molecule has 1 unspecified atom stereocenters. The summed E-state index contributed by atoms with van der Waals surface area (Å²) in [6, 6.07) is 8.62. The highest BCUT2D eigenvalue weighted by Gasteiger charge is 2.21. The highest BCUT2D eigenvalue weighted by atomic mass is 35.5. The van der Waals surface area contributed by atoms with Gasteiger partial charge in [0.1, 0.15) is 5.50 Å². The molecule has 1 aliphatic heterocycles. The maximum atomic E-state index is 6.35. The van der Waals surface area contributed by atoms with Crippen LogP contribution in [-0.2, 0) is 0 Å².